The van der Waals surface area contributed by atoms with E-state index >= 15 is 0 Å². The quantitative estimate of drug-likeness (QED) is 0.507. The Hall–Kier alpha value is -2.86. The van der Waals surface area contributed by atoms with Crippen LogP contribution < -0.4 is 0 Å². The number of hydrogen-bond donors (Lipinski definition) is 0. The van der Waals surface area contributed by atoms with E-state index in [0.29, 0.717) is 11.4 Å². The number of aromatic nitrogens is 4. The Morgan fingerprint density at radius 1 is 1.04 bits per heavy atom. The van der Waals surface area contributed by atoms with Crippen LogP contribution in [0.5, 0.6) is 0 Å². The molecule has 130 valence electrons. The van der Waals surface area contributed by atoms with E-state index in [2.05, 4.69) is 42.4 Å². The summed E-state index contributed by atoms with van der Waals surface area (Å²) in [6, 6.07) is 12.9. The number of thiazole rings is 1. The first-order valence-corrected chi connectivity index (χ1v) is 9.13. The Bertz CT molecular complexity index is 1100. The molecule has 0 amide bonds. The van der Waals surface area contributed by atoms with Gasteiger partial charge in [0.15, 0.2) is 0 Å². The third-order valence-electron chi connectivity index (χ3n) is 4.35. The zero-order valence-corrected chi connectivity index (χ0v) is 15.5. The van der Waals surface area contributed by atoms with Gasteiger partial charge in [0.05, 0.1) is 11.4 Å². The van der Waals surface area contributed by atoms with Crippen molar-refractivity contribution in [3.05, 3.63) is 70.5 Å². The van der Waals surface area contributed by atoms with Gasteiger partial charge in [-0.3, -0.25) is 0 Å². The Morgan fingerprint density at radius 3 is 2.65 bits per heavy atom. The van der Waals surface area contributed by atoms with Crippen molar-refractivity contribution >= 4 is 11.3 Å². The third kappa shape index (κ3) is 2.82. The minimum absolute atomic E-state index is 0.331. The summed E-state index contributed by atoms with van der Waals surface area (Å²) >= 11 is 1.52. The van der Waals surface area contributed by atoms with E-state index in [1.54, 1.807) is 18.2 Å². The predicted octanol–water partition coefficient (Wildman–Crippen LogP) is 5.12. The molecule has 0 bridgehead atoms. The van der Waals surface area contributed by atoms with Crippen LogP contribution in [-0.2, 0) is 0 Å². The van der Waals surface area contributed by atoms with E-state index in [9.17, 15) is 4.39 Å². The molecule has 4 aromatic rings. The molecule has 0 spiro atoms. The molecule has 4 rings (SSSR count). The van der Waals surface area contributed by atoms with Gasteiger partial charge in [-0.2, -0.15) is 0 Å². The monoisotopic (exact) mass is 364 g/mol. The van der Waals surface area contributed by atoms with Gasteiger partial charge in [0.1, 0.15) is 22.2 Å². The molecule has 4 nitrogen and oxygen atoms in total. The van der Waals surface area contributed by atoms with Gasteiger partial charge in [0.25, 0.3) is 0 Å². The Labute approximate surface area is 155 Å². The third-order valence-corrected chi connectivity index (χ3v) is 5.20. The number of hydrogen-bond acceptors (Lipinski definition) is 4. The molecule has 0 atom stereocenters. The fourth-order valence-corrected chi connectivity index (χ4v) is 3.75. The van der Waals surface area contributed by atoms with Gasteiger partial charge in [-0.15, -0.1) is 16.4 Å². The normalized spacial score (nSPS) is 11.1. The molecular weight excluding hydrogens is 347 g/mol. The first-order valence-electron chi connectivity index (χ1n) is 8.25. The second-order valence-electron chi connectivity index (χ2n) is 6.24. The Kier molecular flexibility index (Phi) is 4.12. The number of halogens is 1. The van der Waals surface area contributed by atoms with Gasteiger partial charge in [0, 0.05) is 10.9 Å². The van der Waals surface area contributed by atoms with Gasteiger partial charge in [-0.05, 0) is 44.5 Å². The number of rotatable bonds is 3. The fraction of sp³-hybridized carbons (Fsp3) is 0.150. The van der Waals surface area contributed by atoms with Gasteiger partial charge < -0.3 is 0 Å². The van der Waals surface area contributed by atoms with Crippen LogP contribution in [-0.4, -0.2) is 20.0 Å². The van der Waals surface area contributed by atoms with Crippen LogP contribution in [0, 0.1) is 26.6 Å². The molecule has 0 fully saturated rings. The van der Waals surface area contributed by atoms with Gasteiger partial charge >= 0.3 is 0 Å². The highest BCUT2D eigenvalue weighted by Gasteiger charge is 2.18. The minimum Gasteiger partial charge on any atom is -0.234 e. The maximum absolute atomic E-state index is 14.1. The number of aryl methyl sites for hydroxylation is 2. The first kappa shape index (κ1) is 16.6. The molecule has 0 aliphatic rings. The summed E-state index contributed by atoms with van der Waals surface area (Å²) in [6.45, 7) is 6.02. The molecule has 0 N–H and O–H groups in total. The first-order chi connectivity index (χ1) is 12.5. The zero-order valence-electron chi connectivity index (χ0n) is 14.7. The maximum atomic E-state index is 14.1. The van der Waals surface area contributed by atoms with Crippen molar-refractivity contribution < 1.29 is 4.39 Å². The van der Waals surface area contributed by atoms with Crippen LogP contribution in [0.25, 0.3) is 27.6 Å². The number of nitrogens with zero attached hydrogens (tertiary/aromatic N) is 4. The minimum atomic E-state index is -0.331. The van der Waals surface area contributed by atoms with Crippen molar-refractivity contribution in [3.63, 3.8) is 0 Å². The molecule has 26 heavy (non-hydrogen) atoms. The van der Waals surface area contributed by atoms with Crippen LogP contribution in [0.15, 0.2) is 47.8 Å². The predicted molar refractivity (Wildman–Crippen MR) is 102 cm³/mol. The van der Waals surface area contributed by atoms with Crippen molar-refractivity contribution in [3.8, 4) is 27.6 Å². The summed E-state index contributed by atoms with van der Waals surface area (Å²) < 4.78 is 15.6. The zero-order chi connectivity index (χ0) is 18.3. The van der Waals surface area contributed by atoms with Crippen molar-refractivity contribution in [1.82, 2.24) is 20.0 Å². The second-order valence-corrected chi connectivity index (χ2v) is 7.10. The van der Waals surface area contributed by atoms with Gasteiger partial charge in [-0.25, -0.2) is 14.1 Å². The average Bonchev–Trinajstić information content (AvgIpc) is 3.24. The molecule has 0 unspecified atom stereocenters. The summed E-state index contributed by atoms with van der Waals surface area (Å²) in [7, 11) is 0. The molecule has 2 heterocycles. The van der Waals surface area contributed by atoms with E-state index in [1.165, 1.54) is 33.2 Å². The highest BCUT2D eigenvalue weighted by molar-refractivity contribution is 7.13. The topological polar surface area (TPSA) is 43.6 Å². The molecule has 0 aliphatic heterocycles. The maximum Gasteiger partial charge on any atom is 0.148 e. The molecule has 0 aliphatic carbocycles. The van der Waals surface area contributed by atoms with E-state index in [4.69, 9.17) is 4.98 Å². The molecule has 2 aromatic carbocycles. The van der Waals surface area contributed by atoms with E-state index in [1.807, 2.05) is 12.3 Å². The van der Waals surface area contributed by atoms with Crippen molar-refractivity contribution in [1.29, 1.82) is 0 Å². The highest BCUT2D eigenvalue weighted by atomic mass is 32.1. The molecule has 0 saturated carbocycles. The van der Waals surface area contributed by atoms with Crippen LogP contribution in [0.4, 0.5) is 4.39 Å². The van der Waals surface area contributed by atoms with Crippen molar-refractivity contribution in [2.24, 2.45) is 0 Å². The molecule has 6 heteroatoms. The van der Waals surface area contributed by atoms with Crippen LogP contribution in [0.1, 0.15) is 16.8 Å². The molecule has 0 radical (unpaired) electrons. The lowest BCUT2D eigenvalue weighted by Gasteiger charge is -2.04. The molecule has 0 saturated heterocycles. The number of benzene rings is 2. The Morgan fingerprint density at radius 2 is 1.85 bits per heavy atom. The fourth-order valence-electron chi connectivity index (χ4n) is 2.90. The van der Waals surface area contributed by atoms with Gasteiger partial charge in [0.2, 0.25) is 0 Å². The highest BCUT2D eigenvalue weighted by Crippen LogP contribution is 2.32. The van der Waals surface area contributed by atoms with Crippen LogP contribution in [0.2, 0.25) is 0 Å². The second kappa shape index (κ2) is 6.46. The standard InChI is InChI=1S/C20H17FN4S/c1-12-8-9-13(2)15(10-12)17-11-26-20(22-17)19-14(3)25(24-23-19)18-7-5-4-6-16(18)21/h4-11H,1-3H3. The lowest BCUT2D eigenvalue weighted by Crippen LogP contribution is -2.01. The van der Waals surface area contributed by atoms with Crippen molar-refractivity contribution in [2.45, 2.75) is 20.8 Å². The van der Waals surface area contributed by atoms with Crippen LogP contribution >= 0.6 is 11.3 Å². The van der Waals surface area contributed by atoms with E-state index < -0.39 is 0 Å². The summed E-state index contributed by atoms with van der Waals surface area (Å²) in [5, 5.41) is 11.2. The Balaban J connectivity index is 1.75. The lowest BCUT2D eigenvalue weighted by atomic mass is 10.0. The van der Waals surface area contributed by atoms with E-state index in [-0.39, 0.29) is 5.82 Å². The van der Waals surface area contributed by atoms with Gasteiger partial charge in [-0.1, -0.05) is 35.0 Å². The molecule has 2 aromatic heterocycles. The summed E-state index contributed by atoms with van der Waals surface area (Å²) in [4.78, 5) is 4.75. The molecular formula is C20H17FN4S. The smallest absolute Gasteiger partial charge is 0.148 e. The van der Waals surface area contributed by atoms with Crippen LogP contribution in [0.3, 0.4) is 0 Å². The van der Waals surface area contributed by atoms with Crippen molar-refractivity contribution in [2.75, 3.05) is 0 Å². The largest absolute Gasteiger partial charge is 0.234 e. The number of para-hydroxylation sites is 1. The summed E-state index contributed by atoms with van der Waals surface area (Å²) in [5.74, 6) is -0.331. The summed E-state index contributed by atoms with van der Waals surface area (Å²) in [5.41, 5.74) is 6.24. The lowest BCUT2D eigenvalue weighted by molar-refractivity contribution is 0.604. The summed E-state index contributed by atoms with van der Waals surface area (Å²) in [6.07, 6.45) is 0. The SMILES string of the molecule is Cc1ccc(C)c(-c2csc(-c3nnn(-c4ccccc4F)c3C)n2)c1. The van der Waals surface area contributed by atoms with E-state index in [0.717, 1.165) is 22.0 Å². The average molecular weight is 364 g/mol.